The van der Waals surface area contributed by atoms with Gasteiger partial charge in [0, 0.05) is 19.3 Å². The van der Waals surface area contributed by atoms with Crippen molar-refractivity contribution in [2.75, 3.05) is 20.3 Å². The van der Waals surface area contributed by atoms with E-state index in [0.717, 1.165) is 38.2 Å². The minimum atomic E-state index is 0.322. The van der Waals surface area contributed by atoms with E-state index < -0.39 is 0 Å². The number of hydrogen-bond acceptors (Lipinski definition) is 4. The van der Waals surface area contributed by atoms with Gasteiger partial charge in [0.2, 0.25) is 0 Å². The Morgan fingerprint density at radius 3 is 2.56 bits per heavy atom. The van der Waals surface area contributed by atoms with Crippen LogP contribution >= 0.6 is 0 Å². The predicted octanol–water partition coefficient (Wildman–Crippen LogP) is 1.50. The van der Waals surface area contributed by atoms with E-state index in [9.17, 15) is 0 Å². The Labute approximate surface area is 108 Å². The van der Waals surface area contributed by atoms with Crippen LogP contribution in [0.25, 0.3) is 0 Å². The molecule has 1 atom stereocenters. The Morgan fingerprint density at radius 1 is 1.33 bits per heavy atom. The van der Waals surface area contributed by atoms with Crippen LogP contribution in [0, 0.1) is 5.92 Å². The first-order valence-electron chi connectivity index (χ1n) is 6.50. The van der Waals surface area contributed by atoms with Crippen LogP contribution in [0.5, 0.6) is 5.75 Å². The monoisotopic (exact) mass is 250 g/mol. The predicted molar refractivity (Wildman–Crippen MR) is 71.4 cm³/mol. The first kappa shape index (κ1) is 13.3. The fourth-order valence-electron chi connectivity index (χ4n) is 2.50. The van der Waals surface area contributed by atoms with Gasteiger partial charge >= 0.3 is 0 Å². The summed E-state index contributed by atoms with van der Waals surface area (Å²) in [4.78, 5) is 0. The third-order valence-corrected chi connectivity index (χ3v) is 3.66. The van der Waals surface area contributed by atoms with Crippen LogP contribution in [0.1, 0.15) is 18.4 Å². The van der Waals surface area contributed by atoms with Crippen molar-refractivity contribution in [1.29, 1.82) is 0 Å². The Morgan fingerprint density at radius 2 is 2.00 bits per heavy atom. The van der Waals surface area contributed by atoms with E-state index in [0.29, 0.717) is 12.0 Å². The number of hydrogen-bond donors (Lipinski definition) is 2. The topological polar surface area (TPSA) is 56.5 Å². The van der Waals surface area contributed by atoms with E-state index in [1.807, 2.05) is 12.1 Å². The highest BCUT2D eigenvalue weighted by atomic mass is 16.5. The van der Waals surface area contributed by atoms with Crippen molar-refractivity contribution in [2.45, 2.75) is 25.3 Å². The molecule has 1 aromatic rings. The molecule has 0 radical (unpaired) electrons. The van der Waals surface area contributed by atoms with Crippen molar-refractivity contribution in [2.24, 2.45) is 11.8 Å². The zero-order valence-electron chi connectivity index (χ0n) is 10.9. The average molecular weight is 250 g/mol. The summed E-state index contributed by atoms with van der Waals surface area (Å²) in [7, 11) is 1.68. The standard InChI is InChI=1S/C14H22N2O2/c1-17-13-4-2-11(3-5-13)10-14(16-15)12-6-8-18-9-7-12/h2-5,12,14,16H,6-10,15H2,1H3. The summed E-state index contributed by atoms with van der Waals surface area (Å²) < 4.78 is 10.5. The Hall–Kier alpha value is -1.10. The molecule has 1 aromatic carbocycles. The Kier molecular flexibility index (Phi) is 4.99. The number of nitrogens with one attached hydrogen (secondary N) is 1. The van der Waals surface area contributed by atoms with Gasteiger partial charge in [0.05, 0.1) is 7.11 Å². The Balaban J connectivity index is 1.95. The van der Waals surface area contributed by atoms with Gasteiger partial charge in [0.15, 0.2) is 0 Å². The second-order valence-electron chi connectivity index (χ2n) is 4.78. The second kappa shape index (κ2) is 6.73. The molecule has 0 spiro atoms. The molecule has 1 aliphatic rings. The minimum absolute atomic E-state index is 0.322. The number of methoxy groups -OCH3 is 1. The molecule has 4 nitrogen and oxygen atoms in total. The van der Waals surface area contributed by atoms with Crippen LogP contribution in [0.15, 0.2) is 24.3 Å². The largest absolute Gasteiger partial charge is 0.497 e. The third kappa shape index (κ3) is 3.45. The van der Waals surface area contributed by atoms with Crippen molar-refractivity contribution in [3.05, 3.63) is 29.8 Å². The summed E-state index contributed by atoms with van der Waals surface area (Å²) in [5, 5.41) is 0. The number of nitrogens with two attached hydrogens (primary N) is 1. The summed E-state index contributed by atoms with van der Waals surface area (Å²) in [5.41, 5.74) is 4.24. The third-order valence-electron chi connectivity index (χ3n) is 3.66. The van der Waals surface area contributed by atoms with Crippen LogP contribution in [0.4, 0.5) is 0 Å². The van der Waals surface area contributed by atoms with Crippen LogP contribution in [-0.4, -0.2) is 26.4 Å². The van der Waals surface area contributed by atoms with E-state index in [1.54, 1.807) is 7.11 Å². The van der Waals surface area contributed by atoms with Crippen molar-refractivity contribution in [3.63, 3.8) is 0 Å². The summed E-state index contributed by atoms with van der Waals surface area (Å²) in [6.45, 7) is 1.71. The molecule has 18 heavy (non-hydrogen) atoms. The molecule has 2 rings (SSSR count). The SMILES string of the molecule is COc1ccc(CC(NN)C2CCOCC2)cc1. The van der Waals surface area contributed by atoms with Crippen molar-refractivity contribution >= 4 is 0 Å². The summed E-state index contributed by atoms with van der Waals surface area (Å²) in [6, 6.07) is 8.51. The van der Waals surface area contributed by atoms with Gasteiger partial charge in [-0.1, -0.05) is 12.1 Å². The van der Waals surface area contributed by atoms with Gasteiger partial charge in [-0.25, -0.2) is 0 Å². The van der Waals surface area contributed by atoms with Crippen LogP contribution in [0.3, 0.4) is 0 Å². The smallest absolute Gasteiger partial charge is 0.118 e. The molecule has 1 saturated heterocycles. The summed E-state index contributed by atoms with van der Waals surface area (Å²) in [5.74, 6) is 7.19. The lowest BCUT2D eigenvalue weighted by atomic mass is 9.88. The molecule has 0 aromatic heterocycles. The van der Waals surface area contributed by atoms with E-state index in [-0.39, 0.29) is 0 Å². The van der Waals surface area contributed by atoms with E-state index in [1.165, 1.54) is 5.56 Å². The molecule has 1 unspecified atom stereocenters. The number of rotatable bonds is 5. The average Bonchev–Trinajstić information content (AvgIpc) is 2.46. The normalized spacial score (nSPS) is 18.6. The van der Waals surface area contributed by atoms with Gasteiger partial charge in [0.1, 0.15) is 5.75 Å². The van der Waals surface area contributed by atoms with Crippen LogP contribution in [-0.2, 0) is 11.2 Å². The molecule has 0 saturated carbocycles. The van der Waals surface area contributed by atoms with Crippen LogP contribution in [0.2, 0.25) is 0 Å². The van der Waals surface area contributed by atoms with Crippen molar-refractivity contribution in [1.82, 2.24) is 5.43 Å². The summed E-state index contributed by atoms with van der Waals surface area (Å²) >= 11 is 0. The number of ether oxygens (including phenoxy) is 2. The number of benzene rings is 1. The van der Waals surface area contributed by atoms with E-state index in [2.05, 4.69) is 17.6 Å². The lowest BCUT2D eigenvalue weighted by Crippen LogP contribution is -2.44. The fraction of sp³-hybridized carbons (Fsp3) is 0.571. The van der Waals surface area contributed by atoms with Gasteiger partial charge in [0.25, 0.3) is 0 Å². The molecule has 4 heteroatoms. The van der Waals surface area contributed by atoms with Gasteiger partial charge in [-0.3, -0.25) is 11.3 Å². The fourth-order valence-corrected chi connectivity index (χ4v) is 2.50. The first-order valence-corrected chi connectivity index (χ1v) is 6.50. The molecule has 3 N–H and O–H groups in total. The molecular formula is C14H22N2O2. The maximum Gasteiger partial charge on any atom is 0.118 e. The van der Waals surface area contributed by atoms with Gasteiger partial charge < -0.3 is 9.47 Å². The zero-order valence-corrected chi connectivity index (χ0v) is 10.9. The molecule has 1 fully saturated rings. The Bertz CT molecular complexity index is 347. The maximum absolute atomic E-state index is 5.69. The van der Waals surface area contributed by atoms with Gasteiger partial charge in [-0.15, -0.1) is 0 Å². The highest BCUT2D eigenvalue weighted by molar-refractivity contribution is 5.27. The van der Waals surface area contributed by atoms with Gasteiger partial charge in [-0.05, 0) is 42.9 Å². The number of hydrazine groups is 1. The highest BCUT2D eigenvalue weighted by Crippen LogP contribution is 2.22. The molecule has 1 heterocycles. The van der Waals surface area contributed by atoms with E-state index in [4.69, 9.17) is 15.3 Å². The quantitative estimate of drug-likeness (QED) is 0.614. The highest BCUT2D eigenvalue weighted by Gasteiger charge is 2.23. The molecule has 0 bridgehead atoms. The minimum Gasteiger partial charge on any atom is -0.497 e. The molecule has 0 aliphatic carbocycles. The molecular weight excluding hydrogens is 228 g/mol. The van der Waals surface area contributed by atoms with Gasteiger partial charge in [-0.2, -0.15) is 0 Å². The van der Waals surface area contributed by atoms with Crippen molar-refractivity contribution < 1.29 is 9.47 Å². The molecule has 0 amide bonds. The van der Waals surface area contributed by atoms with E-state index >= 15 is 0 Å². The lowest BCUT2D eigenvalue weighted by Gasteiger charge is -2.29. The maximum atomic E-state index is 5.69. The second-order valence-corrected chi connectivity index (χ2v) is 4.78. The molecule has 1 aliphatic heterocycles. The molecule has 100 valence electrons. The zero-order chi connectivity index (χ0) is 12.8. The lowest BCUT2D eigenvalue weighted by molar-refractivity contribution is 0.0538. The summed E-state index contributed by atoms with van der Waals surface area (Å²) in [6.07, 6.45) is 3.13. The van der Waals surface area contributed by atoms with Crippen LogP contribution < -0.4 is 16.0 Å². The first-order chi connectivity index (χ1) is 8.83. The van der Waals surface area contributed by atoms with Crippen molar-refractivity contribution in [3.8, 4) is 5.75 Å².